The van der Waals surface area contributed by atoms with Crippen LogP contribution in [0.3, 0.4) is 0 Å². The highest BCUT2D eigenvalue weighted by molar-refractivity contribution is 6.36. The standard InChI is InChI=1S/C25H27Cl4N3O2/c1-31-17-3-2-10-32(14-17)22(33)20(13-25(31)7-6-16(27)12-21(25)29)30-23(34)24(8-9-24)18-5-4-15(26)11-19(18)28/h4-6,11-12,17,20H,2-3,7-10,13-14H2,1H3,(H,30,34)/t17-,20+,25?/m1/s1. The van der Waals surface area contributed by atoms with Crippen molar-refractivity contribution >= 4 is 58.2 Å². The van der Waals surface area contributed by atoms with Crippen molar-refractivity contribution in [3.8, 4) is 0 Å². The molecule has 2 aliphatic heterocycles. The van der Waals surface area contributed by atoms with Gasteiger partial charge in [-0.2, -0.15) is 0 Å². The summed E-state index contributed by atoms with van der Waals surface area (Å²) in [5, 5.41) is 5.31. The van der Waals surface area contributed by atoms with Crippen LogP contribution in [0.25, 0.3) is 0 Å². The van der Waals surface area contributed by atoms with Crippen molar-refractivity contribution < 1.29 is 9.59 Å². The number of nitrogens with zero attached hydrogens (tertiary/aromatic N) is 2. The summed E-state index contributed by atoms with van der Waals surface area (Å²) in [5.74, 6) is -0.222. The van der Waals surface area contributed by atoms with E-state index in [1.54, 1.807) is 18.2 Å². The average Bonchev–Trinajstić information content (AvgIpc) is 3.61. The topological polar surface area (TPSA) is 52.6 Å². The van der Waals surface area contributed by atoms with E-state index in [-0.39, 0.29) is 17.9 Å². The molecule has 9 heteroatoms. The minimum absolute atomic E-state index is 0.0476. The lowest BCUT2D eigenvalue weighted by Crippen LogP contribution is -2.65. The van der Waals surface area contributed by atoms with Gasteiger partial charge in [0.25, 0.3) is 0 Å². The lowest BCUT2D eigenvalue weighted by atomic mass is 9.79. The summed E-state index contributed by atoms with van der Waals surface area (Å²) in [4.78, 5) is 31.5. The van der Waals surface area contributed by atoms with Crippen molar-refractivity contribution in [3.05, 3.63) is 56.0 Å². The molecule has 2 aliphatic carbocycles. The van der Waals surface area contributed by atoms with E-state index in [0.29, 0.717) is 58.9 Å². The molecule has 182 valence electrons. The molecular weight excluding hydrogens is 516 g/mol. The zero-order chi connectivity index (χ0) is 24.3. The van der Waals surface area contributed by atoms with E-state index in [1.807, 2.05) is 17.0 Å². The average molecular weight is 543 g/mol. The van der Waals surface area contributed by atoms with Crippen LogP contribution in [-0.4, -0.2) is 59.4 Å². The summed E-state index contributed by atoms with van der Waals surface area (Å²) in [6, 6.07) is 4.72. The lowest BCUT2D eigenvalue weighted by molar-refractivity contribution is -0.142. The highest BCUT2D eigenvalue weighted by atomic mass is 35.5. The minimum atomic E-state index is -0.733. The van der Waals surface area contributed by atoms with Crippen LogP contribution in [0.2, 0.25) is 10.0 Å². The second-order valence-electron chi connectivity index (χ2n) is 9.94. The maximum absolute atomic E-state index is 13.7. The fraction of sp³-hybridized carbons (Fsp3) is 0.520. The summed E-state index contributed by atoms with van der Waals surface area (Å²) in [6.07, 6.45) is 7.95. The largest absolute Gasteiger partial charge is 0.343 e. The van der Waals surface area contributed by atoms with Crippen LogP contribution in [0.15, 0.2) is 40.4 Å². The molecule has 5 nitrogen and oxygen atoms in total. The Kier molecular flexibility index (Phi) is 6.48. The summed E-state index contributed by atoms with van der Waals surface area (Å²) in [6.45, 7) is 1.32. The van der Waals surface area contributed by atoms with Gasteiger partial charge in [0.2, 0.25) is 11.8 Å². The molecule has 1 aromatic carbocycles. The number of hydrogen-bond acceptors (Lipinski definition) is 3. The molecule has 1 N–H and O–H groups in total. The molecule has 0 aromatic heterocycles. The number of piperidine rings is 1. The molecule has 3 fully saturated rings. The number of allylic oxidation sites excluding steroid dienone is 2. The molecule has 2 heterocycles. The van der Waals surface area contributed by atoms with Crippen LogP contribution in [0, 0.1) is 0 Å². The highest BCUT2D eigenvalue weighted by Gasteiger charge is 2.55. The van der Waals surface area contributed by atoms with Crippen LogP contribution in [0.1, 0.15) is 44.1 Å². The normalized spacial score (nSPS) is 30.9. The number of halogens is 4. The summed E-state index contributed by atoms with van der Waals surface area (Å²) in [7, 11) is 2.07. The third kappa shape index (κ3) is 4.08. The number of hydrogen-bond donors (Lipinski definition) is 1. The van der Waals surface area contributed by atoms with Crippen molar-refractivity contribution in [2.45, 2.75) is 61.6 Å². The number of benzene rings is 1. The van der Waals surface area contributed by atoms with Crippen LogP contribution in [0.5, 0.6) is 0 Å². The molecule has 3 atom stereocenters. The monoisotopic (exact) mass is 541 g/mol. The zero-order valence-electron chi connectivity index (χ0n) is 18.9. The van der Waals surface area contributed by atoms with Gasteiger partial charge in [0.1, 0.15) is 6.04 Å². The molecule has 0 radical (unpaired) electrons. The van der Waals surface area contributed by atoms with E-state index in [0.717, 1.165) is 18.4 Å². The maximum atomic E-state index is 13.7. The maximum Gasteiger partial charge on any atom is 0.245 e. The number of carbonyl (C=O) groups excluding carboxylic acids is 2. The molecule has 2 bridgehead atoms. The number of amides is 2. The number of nitrogens with one attached hydrogen (secondary N) is 1. The van der Waals surface area contributed by atoms with Gasteiger partial charge in [-0.15, -0.1) is 0 Å². The fourth-order valence-corrected chi connectivity index (χ4v) is 7.05. The van der Waals surface area contributed by atoms with Gasteiger partial charge < -0.3 is 10.2 Å². The Hall–Kier alpha value is -1.24. The predicted octanol–water partition coefficient (Wildman–Crippen LogP) is 5.22. The van der Waals surface area contributed by atoms with Crippen LogP contribution >= 0.6 is 46.4 Å². The molecule has 2 saturated heterocycles. The molecule has 1 aromatic rings. The smallest absolute Gasteiger partial charge is 0.245 e. The van der Waals surface area contributed by atoms with Gasteiger partial charge in [-0.25, -0.2) is 0 Å². The Morgan fingerprint density at radius 3 is 2.62 bits per heavy atom. The number of carbonyl (C=O) groups is 2. The molecular formula is C25H27Cl4N3O2. The molecule has 34 heavy (non-hydrogen) atoms. The Balaban J connectivity index is 1.48. The van der Waals surface area contributed by atoms with Gasteiger partial charge in [-0.05, 0) is 62.9 Å². The first kappa shape index (κ1) is 24.5. The van der Waals surface area contributed by atoms with E-state index in [1.165, 1.54) is 0 Å². The first-order valence-corrected chi connectivity index (χ1v) is 13.2. The lowest BCUT2D eigenvalue weighted by Gasteiger charge is -2.52. The van der Waals surface area contributed by atoms with Crippen LogP contribution < -0.4 is 5.32 Å². The van der Waals surface area contributed by atoms with Crippen molar-refractivity contribution in [3.63, 3.8) is 0 Å². The van der Waals surface area contributed by atoms with Gasteiger partial charge in [0.05, 0.1) is 11.0 Å². The summed E-state index contributed by atoms with van der Waals surface area (Å²) in [5.41, 5.74) is -0.580. The van der Waals surface area contributed by atoms with Gasteiger partial charge in [-0.3, -0.25) is 14.5 Å². The van der Waals surface area contributed by atoms with E-state index < -0.39 is 17.0 Å². The minimum Gasteiger partial charge on any atom is -0.343 e. The van der Waals surface area contributed by atoms with Crippen molar-refractivity contribution in [1.29, 1.82) is 0 Å². The Morgan fingerprint density at radius 2 is 1.94 bits per heavy atom. The third-order valence-electron chi connectivity index (χ3n) is 8.05. The third-order valence-corrected chi connectivity index (χ3v) is 9.32. The first-order valence-electron chi connectivity index (χ1n) is 11.7. The summed E-state index contributed by atoms with van der Waals surface area (Å²) >= 11 is 25.7. The highest BCUT2D eigenvalue weighted by Crippen LogP contribution is 2.51. The van der Waals surface area contributed by atoms with E-state index in [9.17, 15) is 9.59 Å². The molecule has 5 rings (SSSR count). The Bertz CT molecular complexity index is 1100. The Labute approximate surface area is 220 Å². The van der Waals surface area contributed by atoms with Gasteiger partial charge >= 0.3 is 0 Å². The van der Waals surface area contributed by atoms with Crippen LogP contribution in [-0.2, 0) is 15.0 Å². The van der Waals surface area contributed by atoms with Crippen molar-refractivity contribution in [2.24, 2.45) is 0 Å². The van der Waals surface area contributed by atoms with Gasteiger partial charge in [-0.1, -0.05) is 58.5 Å². The van der Waals surface area contributed by atoms with Gasteiger partial charge in [0.15, 0.2) is 0 Å². The predicted molar refractivity (Wildman–Crippen MR) is 137 cm³/mol. The van der Waals surface area contributed by atoms with E-state index >= 15 is 0 Å². The van der Waals surface area contributed by atoms with E-state index in [4.69, 9.17) is 46.4 Å². The molecule has 1 saturated carbocycles. The SMILES string of the molecule is CN1[C@@H]2CCCN(C2)C(=O)[C@@H](NC(=O)C2(c3ccc(Cl)cc3Cl)CC2)CC12CC=C(Cl)C=C2Cl. The van der Waals surface area contributed by atoms with Crippen molar-refractivity contribution in [1.82, 2.24) is 15.1 Å². The molecule has 1 unspecified atom stereocenters. The van der Waals surface area contributed by atoms with E-state index in [2.05, 4.69) is 17.3 Å². The number of fused-ring (bicyclic) bond motifs is 2. The number of likely N-dealkylation sites (N-methyl/N-ethyl adjacent to an activating group) is 1. The first-order chi connectivity index (χ1) is 16.2. The van der Waals surface area contributed by atoms with Crippen LogP contribution in [0.4, 0.5) is 0 Å². The molecule has 2 amide bonds. The zero-order valence-corrected chi connectivity index (χ0v) is 21.9. The Morgan fingerprint density at radius 1 is 1.18 bits per heavy atom. The quantitative estimate of drug-likeness (QED) is 0.569. The number of rotatable bonds is 3. The summed E-state index contributed by atoms with van der Waals surface area (Å²) < 4.78 is 0. The second-order valence-corrected chi connectivity index (χ2v) is 11.6. The second kappa shape index (κ2) is 9.01. The van der Waals surface area contributed by atoms with Gasteiger partial charge in [0, 0.05) is 45.7 Å². The fourth-order valence-electron chi connectivity index (χ4n) is 5.81. The molecule has 1 spiro atoms. The molecule has 4 aliphatic rings. The van der Waals surface area contributed by atoms with Crippen molar-refractivity contribution in [2.75, 3.05) is 20.1 Å².